The normalized spacial score (nSPS) is 10.7. The van der Waals surface area contributed by atoms with Gasteiger partial charge >= 0.3 is 11.9 Å². The predicted octanol–water partition coefficient (Wildman–Crippen LogP) is 7.67. The lowest BCUT2D eigenvalue weighted by Crippen LogP contribution is -2.16. The van der Waals surface area contributed by atoms with Gasteiger partial charge in [-0.3, -0.25) is 0 Å². The van der Waals surface area contributed by atoms with Crippen LogP contribution >= 0.6 is 0 Å². The summed E-state index contributed by atoms with van der Waals surface area (Å²) < 4.78 is 22.1. The Morgan fingerprint density at radius 2 is 1.08 bits per heavy atom. The minimum Gasteiger partial charge on any atom is -0.490 e. The third-order valence-corrected chi connectivity index (χ3v) is 8.22. The summed E-state index contributed by atoms with van der Waals surface area (Å²) in [7, 11) is 0. The summed E-state index contributed by atoms with van der Waals surface area (Å²) in [5.41, 5.74) is 8.51. The standard InChI is InChI=1S/C42H46O8/c1-5-6-7-8-32-9-11-33(12-10-32)34-13-15-35(16-14-34)36-17-19-37(20-18-36)39-25-38(47-21-23-49-41(45)29(2)27-43)26-40(31(39)4)48-22-24-50-42(46)30(3)28-44/h9-20,25-26,43-44H,2-3,5-8,21-24,27-28H2,1,4H3. The molecule has 0 heterocycles. The van der Waals surface area contributed by atoms with Gasteiger partial charge in [0.1, 0.15) is 37.9 Å². The lowest BCUT2D eigenvalue weighted by atomic mass is 9.95. The van der Waals surface area contributed by atoms with Crippen molar-refractivity contribution in [2.45, 2.75) is 39.5 Å². The number of benzene rings is 4. The molecule has 4 aromatic rings. The number of aryl methyl sites for hydroxylation is 1. The third kappa shape index (κ3) is 10.7. The van der Waals surface area contributed by atoms with E-state index in [0.717, 1.165) is 34.2 Å². The van der Waals surface area contributed by atoms with Gasteiger partial charge in [-0.15, -0.1) is 0 Å². The summed E-state index contributed by atoms with van der Waals surface area (Å²) in [4.78, 5) is 23.7. The van der Waals surface area contributed by atoms with E-state index in [-0.39, 0.29) is 37.6 Å². The van der Waals surface area contributed by atoms with Crippen molar-refractivity contribution < 1.29 is 38.7 Å². The fourth-order valence-corrected chi connectivity index (χ4v) is 5.25. The van der Waals surface area contributed by atoms with Gasteiger partial charge in [-0.25, -0.2) is 9.59 Å². The van der Waals surface area contributed by atoms with Gasteiger partial charge in [0.25, 0.3) is 0 Å². The van der Waals surface area contributed by atoms with Crippen molar-refractivity contribution in [2.75, 3.05) is 39.6 Å². The van der Waals surface area contributed by atoms with Gasteiger partial charge in [0.15, 0.2) is 0 Å². The molecule has 50 heavy (non-hydrogen) atoms. The first kappa shape index (κ1) is 37.6. The van der Waals surface area contributed by atoms with Crippen LogP contribution < -0.4 is 9.47 Å². The molecule has 8 heteroatoms. The number of aliphatic hydroxyl groups excluding tert-OH is 2. The summed E-state index contributed by atoms with van der Waals surface area (Å²) in [5, 5.41) is 18.2. The second kappa shape index (κ2) is 19.1. The van der Waals surface area contributed by atoms with Crippen molar-refractivity contribution in [3.8, 4) is 44.9 Å². The number of carbonyl (C=O) groups is 2. The fourth-order valence-electron chi connectivity index (χ4n) is 5.25. The van der Waals surface area contributed by atoms with E-state index in [1.165, 1.54) is 36.0 Å². The van der Waals surface area contributed by atoms with Crippen LogP contribution in [-0.2, 0) is 25.5 Å². The van der Waals surface area contributed by atoms with Crippen molar-refractivity contribution in [1.82, 2.24) is 0 Å². The highest BCUT2D eigenvalue weighted by atomic mass is 16.6. The Morgan fingerprint density at radius 3 is 1.56 bits per heavy atom. The monoisotopic (exact) mass is 678 g/mol. The molecule has 0 saturated heterocycles. The molecule has 4 rings (SSSR count). The zero-order valence-electron chi connectivity index (χ0n) is 28.9. The summed E-state index contributed by atoms with van der Waals surface area (Å²) in [5.74, 6) is -0.374. The van der Waals surface area contributed by atoms with Gasteiger partial charge < -0.3 is 29.2 Å². The molecule has 0 radical (unpaired) electrons. The van der Waals surface area contributed by atoms with Crippen LogP contribution in [-0.4, -0.2) is 61.8 Å². The van der Waals surface area contributed by atoms with Crippen LogP contribution in [0.1, 0.15) is 37.3 Å². The molecule has 0 bridgehead atoms. The van der Waals surface area contributed by atoms with Crippen LogP contribution in [0.5, 0.6) is 11.5 Å². The van der Waals surface area contributed by atoms with Crippen LogP contribution in [0.3, 0.4) is 0 Å². The molecule has 0 saturated carbocycles. The van der Waals surface area contributed by atoms with Gasteiger partial charge in [0, 0.05) is 6.07 Å². The second-order valence-electron chi connectivity index (χ2n) is 11.9. The quantitative estimate of drug-likeness (QED) is 0.0591. The van der Waals surface area contributed by atoms with E-state index in [9.17, 15) is 9.59 Å². The molecule has 8 nitrogen and oxygen atoms in total. The number of hydrogen-bond acceptors (Lipinski definition) is 8. The molecular weight excluding hydrogens is 632 g/mol. The average molecular weight is 679 g/mol. The molecule has 0 aliphatic carbocycles. The number of hydrogen-bond donors (Lipinski definition) is 2. The molecule has 4 aromatic carbocycles. The zero-order chi connectivity index (χ0) is 35.9. The minimum atomic E-state index is -0.690. The Kier molecular flexibility index (Phi) is 14.4. The lowest BCUT2D eigenvalue weighted by molar-refractivity contribution is -0.141. The molecule has 0 unspecified atom stereocenters. The van der Waals surface area contributed by atoms with Crippen molar-refractivity contribution >= 4 is 11.9 Å². The van der Waals surface area contributed by atoms with E-state index in [2.05, 4.69) is 80.7 Å². The van der Waals surface area contributed by atoms with Crippen LogP contribution in [0, 0.1) is 6.92 Å². The van der Waals surface area contributed by atoms with Crippen molar-refractivity contribution in [2.24, 2.45) is 0 Å². The SMILES string of the molecule is C=C(CO)C(=O)OCCOc1cc(OCCOC(=O)C(=C)CO)c(C)c(-c2ccc(-c3ccc(-c4ccc(CCCCC)cc4)cc3)cc2)c1. The van der Waals surface area contributed by atoms with E-state index >= 15 is 0 Å². The maximum atomic E-state index is 11.8. The Bertz CT molecular complexity index is 1740. The molecule has 0 fully saturated rings. The Hall–Kier alpha value is -5.18. The molecule has 0 spiro atoms. The molecule has 2 N–H and O–H groups in total. The van der Waals surface area contributed by atoms with Gasteiger partial charge in [-0.2, -0.15) is 0 Å². The highest BCUT2D eigenvalue weighted by Gasteiger charge is 2.14. The predicted molar refractivity (Wildman–Crippen MR) is 196 cm³/mol. The smallest absolute Gasteiger partial charge is 0.335 e. The number of esters is 2. The topological polar surface area (TPSA) is 112 Å². The summed E-state index contributed by atoms with van der Waals surface area (Å²) in [6, 6.07) is 29.3. The second-order valence-corrected chi connectivity index (χ2v) is 11.9. The Labute approximate surface area is 294 Å². The molecule has 0 aliphatic heterocycles. The number of carbonyl (C=O) groups excluding carboxylic acids is 2. The van der Waals surface area contributed by atoms with Crippen molar-refractivity contribution in [1.29, 1.82) is 0 Å². The highest BCUT2D eigenvalue weighted by Crippen LogP contribution is 2.36. The summed E-state index contributed by atoms with van der Waals surface area (Å²) >= 11 is 0. The van der Waals surface area contributed by atoms with E-state index in [1.54, 1.807) is 6.07 Å². The number of aliphatic hydroxyl groups is 2. The van der Waals surface area contributed by atoms with Crippen LogP contribution in [0.25, 0.3) is 33.4 Å². The lowest BCUT2D eigenvalue weighted by Gasteiger charge is -2.17. The Morgan fingerprint density at radius 1 is 0.620 bits per heavy atom. The van der Waals surface area contributed by atoms with E-state index in [0.29, 0.717) is 11.5 Å². The largest absolute Gasteiger partial charge is 0.490 e. The van der Waals surface area contributed by atoms with Crippen LogP contribution in [0.2, 0.25) is 0 Å². The van der Waals surface area contributed by atoms with E-state index < -0.39 is 25.2 Å². The number of ether oxygens (including phenoxy) is 4. The summed E-state index contributed by atoms with van der Waals surface area (Å²) in [6.07, 6.45) is 4.83. The highest BCUT2D eigenvalue weighted by molar-refractivity contribution is 5.88. The molecule has 0 atom stereocenters. The number of unbranched alkanes of at least 4 members (excludes halogenated alkanes) is 2. The maximum absolute atomic E-state index is 11.8. The van der Waals surface area contributed by atoms with E-state index in [4.69, 9.17) is 29.2 Å². The molecule has 0 amide bonds. The van der Waals surface area contributed by atoms with Gasteiger partial charge in [0.2, 0.25) is 0 Å². The van der Waals surface area contributed by atoms with Crippen LogP contribution in [0.4, 0.5) is 0 Å². The van der Waals surface area contributed by atoms with E-state index in [1.807, 2.05) is 25.1 Å². The van der Waals surface area contributed by atoms with Gasteiger partial charge in [-0.05, 0) is 70.3 Å². The first-order valence-electron chi connectivity index (χ1n) is 16.9. The number of rotatable bonds is 19. The van der Waals surface area contributed by atoms with Crippen molar-refractivity contribution in [3.05, 3.63) is 120 Å². The molecular formula is C42H46O8. The average Bonchev–Trinajstić information content (AvgIpc) is 3.15. The molecule has 0 aromatic heterocycles. The van der Waals surface area contributed by atoms with Gasteiger partial charge in [-0.1, -0.05) is 106 Å². The van der Waals surface area contributed by atoms with Crippen LogP contribution in [0.15, 0.2) is 109 Å². The Balaban J connectivity index is 1.48. The fraction of sp³-hybridized carbons (Fsp3) is 0.286. The molecule has 262 valence electrons. The first-order valence-corrected chi connectivity index (χ1v) is 16.9. The first-order chi connectivity index (χ1) is 24.2. The molecule has 0 aliphatic rings. The van der Waals surface area contributed by atoms with Crippen molar-refractivity contribution in [3.63, 3.8) is 0 Å². The third-order valence-electron chi connectivity index (χ3n) is 8.22. The zero-order valence-corrected chi connectivity index (χ0v) is 28.9. The maximum Gasteiger partial charge on any atom is 0.335 e. The van der Waals surface area contributed by atoms with Gasteiger partial charge in [0.05, 0.1) is 24.4 Å². The summed E-state index contributed by atoms with van der Waals surface area (Å²) in [6.45, 7) is 10.2. The minimum absolute atomic E-state index is 0.0377.